The van der Waals surface area contributed by atoms with Gasteiger partial charge in [0.05, 0.1) is 0 Å². The lowest BCUT2D eigenvalue weighted by Crippen LogP contribution is -2.28. The molecule has 1 unspecified atom stereocenters. The van der Waals surface area contributed by atoms with Gasteiger partial charge in [-0.05, 0) is 43.7 Å². The Bertz CT molecular complexity index is 521. The highest BCUT2D eigenvalue weighted by molar-refractivity contribution is 5.92. The summed E-state index contributed by atoms with van der Waals surface area (Å²) in [5.74, 6) is 0.00355. The third-order valence-corrected chi connectivity index (χ3v) is 3.43. The zero-order chi connectivity index (χ0) is 15.8. The van der Waals surface area contributed by atoms with E-state index in [9.17, 15) is 9.59 Å². The van der Waals surface area contributed by atoms with Crippen LogP contribution in [0.15, 0.2) is 36.9 Å². The van der Waals surface area contributed by atoms with Gasteiger partial charge in [0.1, 0.15) is 0 Å². The monoisotopic (exact) mass is 302 g/mol. The fraction of sp³-hybridized carbons (Fsp3) is 0.375. The summed E-state index contributed by atoms with van der Waals surface area (Å²) in [5, 5.41) is 11.5. The van der Waals surface area contributed by atoms with Gasteiger partial charge in [0, 0.05) is 30.4 Å². The zero-order valence-electron chi connectivity index (χ0n) is 12.5. The van der Waals surface area contributed by atoms with Gasteiger partial charge in [-0.3, -0.25) is 4.79 Å². The third kappa shape index (κ3) is 5.21. The van der Waals surface area contributed by atoms with Gasteiger partial charge in [0.15, 0.2) is 0 Å². The molecule has 6 heteroatoms. The number of carbonyl (C=O) groups is 2. The molecule has 1 aliphatic rings. The SMILES string of the molecule is C=CCNC(=O)Nc1ccc(NC(=O)CC2CCCN2)cc1. The van der Waals surface area contributed by atoms with Crippen molar-refractivity contribution >= 4 is 23.3 Å². The van der Waals surface area contributed by atoms with Crippen molar-refractivity contribution in [3.05, 3.63) is 36.9 Å². The molecule has 4 N–H and O–H groups in total. The van der Waals surface area contributed by atoms with Crippen molar-refractivity contribution in [2.75, 3.05) is 23.7 Å². The molecule has 0 saturated carbocycles. The van der Waals surface area contributed by atoms with Crippen LogP contribution in [0.5, 0.6) is 0 Å². The summed E-state index contributed by atoms with van der Waals surface area (Å²) in [6.45, 7) is 4.93. The molecule has 3 amide bonds. The van der Waals surface area contributed by atoms with E-state index in [1.807, 2.05) is 0 Å². The maximum absolute atomic E-state index is 11.9. The highest BCUT2D eigenvalue weighted by atomic mass is 16.2. The summed E-state index contributed by atoms with van der Waals surface area (Å²) in [5.41, 5.74) is 1.39. The number of benzene rings is 1. The van der Waals surface area contributed by atoms with E-state index in [4.69, 9.17) is 0 Å². The van der Waals surface area contributed by atoms with E-state index in [1.54, 1.807) is 30.3 Å². The summed E-state index contributed by atoms with van der Waals surface area (Å²) in [4.78, 5) is 23.4. The van der Waals surface area contributed by atoms with Crippen LogP contribution >= 0.6 is 0 Å². The number of amides is 3. The van der Waals surface area contributed by atoms with Crippen LogP contribution in [-0.4, -0.2) is 31.1 Å². The van der Waals surface area contributed by atoms with Crippen molar-refractivity contribution in [3.63, 3.8) is 0 Å². The molecule has 6 nitrogen and oxygen atoms in total. The number of hydrogen-bond acceptors (Lipinski definition) is 3. The first kappa shape index (κ1) is 16.0. The Hall–Kier alpha value is -2.34. The first-order valence-electron chi connectivity index (χ1n) is 7.46. The Labute approximate surface area is 130 Å². The Kier molecular flexibility index (Phi) is 5.97. The van der Waals surface area contributed by atoms with Crippen molar-refractivity contribution in [1.82, 2.24) is 10.6 Å². The molecule has 0 aliphatic carbocycles. The van der Waals surface area contributed by atoms with Gasteiger partial charge in [-0.2, -0.15) is 0 Å². The van der Waals surface area contributed by atoms with Crippen LogP contribution in [0.25, 0.3) is 0 Å². The molecule has 0 bridgehead atoms. The molecule has 22 heavy (non-hydrogen) atoms. The molecule has 2 rings (SSSR count). The number of urea groups is 1. The number of rotatable bonds is 6. The number of nitrogens with one attached hydrogen (secondary N) is 4. The van der Waals surface area contributed by atoms with Crippen molar-refractivity contribution < 1.29 is 9.59 Å². The molecule has 118 valence electrons. The lowest BCUT2D eigenvalue weighted by atomic mass is 10.1. The zero-order valence-corrected chi connectivity index (χ0v) is 12.5. The summed E-state index contributed by atoms with van der Waals surface area (Å²) in [6, 6.07) is 7.03. The van der Waals surface area contributed by atoms with Gasteiger partial charge in [0.2, 0.25) is 5.91 Å². The number of hydrogen-bond donors (Lipinski definition) is 4. The van der Waals surface area contributed by atoms with Crippen LogP contribution in [0.2, 0.25) is 0 Å². The van der Waals surface area contributed by atoms with E-state index in [0.717, 1.165) is 25.1 Å². The van der Waals surface area contributed by atoms with E-state index >= 15 is 0 Å². The van der Waals surface area contributed by atoms with Gasteiger partial charge in [-0.25, -0.2) is 4.79 Å². The Morgan fingerprint density at radius 1 is 1.23 bits per heavy atom. The van der Waals surface area contributed by atoms with E-state index in [2.05, 4.69) is 27.8 Å². The normalized spacial score (nSPS) is 16.8. The summed E-state index contributed by atoms with van der Waals surface area (Å²) < 4.78 is 0. The summed E-state index contributed by atoms with van der Waals surface area (Å²) >= 11 is 0. The predicted octanol–water partition coefficient (Wildman–Crippen LogP) is 2.07. The maximum atomic E-state index is 11.9. The smallest absolute Gasteiger partial charge is 0.319 e. The van der Waals surface area contributed by atoms with Gasteiger partial charge in [0.25, 0.3) is 0 Å². The Morgan fingerprint density at radius 3 is 2.50 bits per heavy atom. The molecular formula is C16H22N4O2. The summed E-state index contributed by atoms with van der Waals surface area (Å²) in [6.07, 6.45) is 4.28. The molecule has 0 radical (unpaired) electrons. The largest absolute Gasteiger partial charge is 0.334 e. The van der Waals surface area contributed by atoms with Crippen LogP contribution in [0, 0.1) is 0 Å². The second-order valence-electron chi connectivity index (χ2n) is 5.25. The van der Waals surface area contributed by atoms with Crippen LogP contribution < -0.4 is 21.3 Å². The maximum Gasteiger partial charge on any atom is 0.319 e. The molecule has 1 aliphatic heterocycles. The van der Waals surface area contributed by atoms with Gasteiger partial charge in [-0.15, -0.1) is 6.58 Å². The fourth-order valence-electron chi connectivity index (χ4n) is 2.34. The van der Waals surface area contributed by atoms with Crippen LogP contribution in [0.4, 0.5) is 16.2 Å². The molecule has 1 heterocycles. The molecule has 1 atom stereocenters. The molecule has 0 spiro atoms. The highest BCUT2D eigenvalue weighted by Gasteiger charge is 2.17. The van der Waals surface area contributed by atoms with Gasteiger partial charge < -0.3 is 21.3 Å². The number of anilines is 2. The topological polar surface area (TPSA) is 82.3 Å². The van der Waals surface area contributed by atoms with Crippen LogP contribution in [0.1, 0.15) is 19.3 Å². The Morgan fingerprint density at radius 2 is 1.91 bits per heavy atom. The van der Waals surface area contributed by atoms with E-state index in [1.165, 1.54) is 0 Å². The Balaban J connectivity index is 1.79. The molecular weight excluding hydrogens is 280 g/mol. The average Bonchev–Trinajstić information content (AvgIpc) is 3.00. The lowest BCUT2D eigenvalue weighted by molar-refractivity contribution is -0.116. The standard InChI is InChI=1S/C16H22N4O2/c1-2-9-18-16(22)20-13-7-5-12(6-8-13)19-15(21)11-14-4-3-10-17-14/h2,5-8,14,17H,1,3-4,9-11H2,(H,19,21)(H2,18,20,22). The van der Waals surface area contributed by atoms with Crippen molar-refractivity contribution in [2.24, 2.45) is 0 Å². The minimum atomic E-state index is -0.288. The van der Waals surface area contributed by atoms with Crippen molar-refractivity contribution in [3.8, 4) is 0 Å². The summed E-state index contributed by atoms with van der Waals surface area (Å²) in [7, 11) is 0. The second-order valence-corrected chi connectivity index (χ2v) is 5.25. The predicted molar refractivity (Wildman–Crippen MR) is 87.9 cm³/mol. The minimum absolute atomic E-state index is 0.00355. The van der Waals surface area contributed by atoms with Crippen molar-refractivity contribution in [1.29, 1.82) is 0 Å². The third-order valence-electron chi connectivity index (χ3n) is 3.43. The first-order valence-corrected chi connectivity index (χ1v) is 7.46. The lowest BCUT2D eigenvalue weighted by Gasteiger charge is -2.11. The van der Waals surface area contributed by atoms with E-state index in [-0.39, 0.29) is 18.0 Å². The molecule has 1 saturated heterocycles. The molecule has 1 aromatic carbocycles. The molecule has 0 aromatic heterocycles. The molecule has 1 aromatic rings. The van der Waals surface area contributed by atoms with E-state index in [0.29, 0.717) is 18.7 Å². The van der Waals surface area contributed by atoms with Gasteiger partial charge >= 0.3 is 6.03 Å². The van der Waals surface area contributed by atoms with E-state index < -0.39 is 0 Å². The van der Waals surface area contributed by atoms with Crippen LogP contribution in [-0.2, 0) is 4.79 Å². The second kappa shape index (κ2) is 8.19. The average molecular weight is 302 g/mol. The van der Waals surface area contributed by atoms with Crippen LogP contribution in [0.3, 0.4) is 0 Å². The molecule has 1 fully saturated rings. The van der Waals surface area contributed by atoms with Crippen molar-refractivity contribution in [2.45, 2.75) is 25.3 Å². The van der Waals surface area contributed by atoms with Gasteiger partial charge in [-0.1, -0.05) is 6.08 Å². The quantitative estimate of drug-likeness (QED) is 0.607. The fourth-order valence-corrected chi connectivity index (χ4v) is 2.34. The highest BCUT2D eigenvalue weighted by Crippen LogP contribution is 2.15. The number of carbonyl (C=O) groups excluding carboxylic acids is 2. The first-order chi connectivity index (χ1) is 10.7. The minimum Gasteiger partial charge on any atom is -0.334 e.